The highest BCUT2D eigenvalue weighted by atomic mass is 32.2. The molecule has 1 aromatic rings. The number of hydrogen-bond acceptors (Lipinski definition) is 4. The van der Waals surface area contributed by atoms with Crippen LogP contribution in [0.3, 0.4) is 0 Å². The maximum atomic E-state index is 12.9. The predicted molar refractivity (Wildman–Crippen MR) is 104 cm³/mol. The minimum atomic E-state index is -0.0409. The summed E-state index contributed by atoms with van der Waals surface area (Å²) in [4.78, 5) is 26.3. The van der Waals surface area contributed by atoms with Crippen molar-refractivity contribution in [2.75, 3.05) is 19.3 Å². The van der Waals surface area contributed by atoms with E-state index in [0.717, 1.165) is 42.2 Å². The summed E-state index contributed by atoms with van der Waals surface area (Å²) in [6.45, 7) is 4.89. The molecule has 0 radical (unpaired) electrons. The zero-order valence-corrected chi connectivity index (χ0v) is 16.9. The number of unbranched alkanes of at least 4 members (excludes halogenated alkanes) is 1. The lowest BCUT2D eigenvalue weighted by atomic mass is 9.89. The summed E-state index contributed by atoms with van der Waals surface area (Å²) in [5, 5.41) is 2.95. The standard InChI is InChI=1S/C20H30N2O3S/c1-4-5-6-26-12-16-9-18(25-13(16)2)20(24)22(3)17-7-14-10-19(23)21-11-15(14)8-17/h9,14-15,17H,4-8,10-12H2,1-3H3,(H,21,23)/t14-,15+,17-/m1/s1. The second-order valence-electron chi connectivity index (χ2n) is 7.67. The van der Waals surface area contributed by atoms with Crippen molar-refractivity contribution in [1.29, 1.82) is 0 Å². The number of fused-ring (bicyclic) bond motifs is 1. The van der Waals surface area contributed by atoms with Gasteiger partial charge in [0.1, 0.15) is 5.76 Å². The number of carbonyl (C=O) groups is 2. The van der Waals surface area contributed by atoms with E-state index >= 15 is 0 Å². The lowest BCUT2D eigenvalue weighted by molar-refractivity contribution is -0.124. The molecule has 2 heterocycles. The lowest BCUT2D eigenvalue weighted by Crippen LogP contribution is -2.38. The third-order valence-corrected chi connectivity index (χ3v) is 6.92. The van der Waals surface area contributed by atoms with Crippen molar-refractivity contribution in [2.24, 2.45) is 11.8 Å². The first-order valence-corrected chi connectivity index (χ1v) is 10.9. The molecule has 0 aromatic carbocycles. The van der Waals surface area contributed by atoms with Crippen LogP contribution in [-0.2, 0) is 10.5 Å². The normalized spacial score (nSPS) is 25.0. The van der Waals surface area contributed by atoms with Crippen molar-refractivity contribution in [1.82, 2.24) is 10.2 Å². The van der Waals surface area contributed by atoms with E-state index in [0.29, 0.717) is 24.0 Å². The van der Waals surface area contributed by atoms with Crippen molar-refractivity contribution in [2.45, 2.75) is 57.7 Å². The van der Waals surface area contributed by atoms with Crippen LogP contribution in [0.15, 0.2) is 10.5 Å². The van der Waals surface area contributed by atoms with Gasteiger partial charge < -0.3 is 14.6 Å². The van der Waals surface area contributed by atoms with E-state index in [9.17, 15) is 9.59 Å². The Morgan fingerprint density at radius 3 is 2.92 bits per heavy atom. The van der Waals surface area contributed by atoms with Crippen LogP contribution in [-0.4, -0.2) is 42.1 Å². The van der Waals surface area contributed by atoms with Crippen LogP contribution in [0.1, 0.15) is 60.9 Å². The molecule has 1 aliphatic heterocycles. The Morgan fingerprint density at radius 1 is 1.38 bits per heavy atom. The highest BCUT2D eigenvalue weighted by Crippen LogP contribution is 2.38. The van der Waals surface area contributed by atoms with Crippen molar-refractivity contribution >= 4 is 23.6 Å². The molecule has 1 saturated carbocycles. The molecule has 0 unspecified atom stereocenters. The molecule has 6 heteroatoms. The van der Waals surface area contributed by atoms with Crippen molar-refractivity contribution in [3.63, 3.8) is 0 Å². The van der Waals surface area contributed by atoms with Gasteiger partial charge in [-0.15, -0.1) is 0 Å². The second kappa shape index (κ2) is 8.51. The smallest absolute Gasteiger partial charge is 0.289 e. The number of rotatable bonds is 7. The monoisotopic (exact) mass is 378 g/mol. The Labute approximate surface area is 160 Å². The van der Waals surface area contributed by atoms with Gasteiger partial charge in [0.2, 0.25) is 5.91 Å². The Balaban J connectivity index is 1.59. The zero-order valence-electron chi connectivity index (χ0n) is 16.0. The van der Waals surface area contributed by atoms with Gasteiger partial charge in [0.15, 0.2) is 5.76 Å². The van der Waals surface area contributed by atoms with E-state index < -0.39 is 0 Å². The molecule has 1 N–H and O–H groups in total. The Bertz CT molecular complexity index is 657. The van der Waals surface area contributed by atoms with Crippen LogP contribution in [0.2, 0.25) is 0 Å². The summed E-state index contributed by atoms with van der Waals surface area (Å²) < 4.78 is 5.78. The molecule has 1 aliphatic carbocycles. The number of furan rings is 1. The average molecular weight is 379 g/mol. The van der Waals surface area contributed by atoms with Crippen LogP contribution < -0.4 is 5.32 Å². The van der Waals surface area contributed by atoms with Gasteiger partial charge in [0.05, 0.1) is 0 Å². The van der Waals surface area contributed by atoms with E-state index in [1.165, 1.54) is 12.8 Å². The SMILES string of the molecule is CCCCSCc1cc(C(=O)N(C)[C@H]2C[C@H]3CNC(=O)C[C@H]3C2)oc1C. The van der Waals surface area contributed by atoms with E-state index in [4.69, 9.17) is 4.42 Å². The molecule has 1 aromatic heterocycles. The zero-order chi connectivity index (χ0) is 18.7. The van der Waals surface area contributed by atoms with Gasteiger partial charge in [-0.25, -0.2) is 0 Å². The molecular weight excluding hydrogens is 348 g/mol. The molecule has 5 nitrogen and oxygen atoms in total. The number of aryl methyl sites for hydroxylation is 1. The molecule has 2 amide bonds. The minimum Gasteiger partial charge on any atom is -0.456 e. The second-order valence-corrected chi connectivity index (χ2v) is 8.77. The summed E-state index contributed by atoms with van der Waals surface area (Å²) in [6.07, 6.45) is 4.91. The van der Waals surface area contributed by atoms with Crippen LogP contribution in [0.4, 0.5) is 0 Å². The number of piperidine rings is 1. The first-order chi connectivity index (χ1) is 12.5. The maximum absolute atomic E-state index is 12.9. The molecule has 0 spiro atoms. The number of nitrogens with zero attached hydrogens (tertiary/aromatic N) is 1. The van der Waals surface area contributed by atoms with Crippen LogP contribution in [0.5, 0.6) is 0 Å². The predicted octanol–water partition coefficient (Wildman–Crippen LogP) is 3.61. The highest BCUT2D eigenvalue weighted by molar-refractivity contribution is 7.98. The van der Waals surface area contributed by atoms with Gasteiger partial charge >= 0.3 is 0 Å². The molecule has 1 saturated heterocycles. The number of thioether (sulfide) groups is 1. The van der Waals surface area contributed by atoms with Gasteiger partial charge in [0, 0.05) is 37.4 Å². The number of hydrogen-bond donors (Lipinski definition) is 1. The molecule has 3 atom stereocenters. The lowest BCUT2D eigenvalue weighted by Gasteiger charge is -2.24. The molecular formula is C20H30N2O3S. The van der Waals surface area contributed by atoms with E-state index in [-0.39, 0.29) is 17.9 Å². The Hall–Kier alpha value is -1.43. The maximum Gasteiger partial charge on any atom is 0.289 e. The highest BCUT2D eigenvalue weighted by Gasteiger charge is 2.41. The molecule has 26 heavy (non-hydrogen) atoms. The van der Waals surface area contributed by atoms with Gasteiger partial charge in [-0.2, -0.15) is 11.8 Å². The third-order valence-electron chi connectivity index (χ3n) is 5.82. The topological polar surface area (TPSA) is 62.6 Å². The van der Waals surface area contributed by atoms with Gasteiger partial charge in [-0.1, -0.05) is 13.3 Å². The van der Waals surface area contributed by atoms with Crippen LogP contribution >= 0.6 is 11.8 Å². The fourth-order valence-corrected chi connectivity index (χ4v) is 5.23. The Kier molecular flexibility index (Phi) is 6.33. The summed E-state index contributed by atoms with van der Waals surface area (Å²) in [5.41, 5.74) is 1.12. The first-order valence-electron chi connectivity index (χ1n) is 9.70. The van der Waals surface area contributed by atoms with Crippen LogP contribution in [0.25, 0.3) is 0 Å². The van der Waals surface area contributed by atoms with Gasteiger partial charge in [0.25, 0.3) is 5.91 Å². The molecule has 144 valence electrons. The minimum absolute atomic E-state index is 0.0409. The molecule has 0 bridgehead atoms. The molecule has 2 aliphatic rings. The van der Waals surface area contributed by atoms with E-state index in [1.807, 2.05) is 36.7 Å². The number of amides is 2. The van der Waals surface area contributed by atoms with E-state index in [2.05, 4.69) is 12.2 Å². The fraction of sp³-hybridized carbons (Fsp3) is 0.700. The summed E-state index contributed by atoms with van der Waals surface area (Å²) in [7, 11) is 1.87. The summed E-state index contributed by atoms with van der Waals surface area (Å²) >= 11 is 1.89. The van der Waals surface area contributed by atoms with Crippen molar-refractivity contribution < 1.29 is 14.0 Å². The molecule has 2 fully saturated rings. The largest absolute Gasteiger partial charge is 0.456 e. The first kappa shape index (κ1) is 19.3. The summed E-state index contributed by atoms with van der Waals surface area (Å²) in [5.74, 6) is 4.34. The average Bonchev–Trinajstić information content (AvgIpc) is 3.20. The quantitative estimate of drug-likeness (QED) is 0.736. The van der Waals surface area contributed by atoms with Gasteiger partial charge in [-0.3, -0.25) is 9.59 Å². The molecule has 3 rings (SSSR count). The Morgan fingerprint density at radius 2 is 2.15 bits per heavy atom. The van der Waals surface area contributed by atoms with Crippen molar-refractivity contribution in [3.8, 4) is 0 Å². The summed E-state index contributed by atoms with van der Waals surface area (Å²) in [6, 6.07) is 2.11. The number of nitrogens with one attached hydrogen (secondary N) is 1. The number of carbonyl (C=O) groups excluding carboxylic acids is 2. The van der Waals surface area contributed by atoms with E-state index in [1.54, 1.807) is 0 Å². The van der Waals surface area contributed by atoms with Gasteiger partial charge in [-0.05, 0) is 49.8 Å². The van der Waals surface area contributed by atoms with Crippen molar-refractivity contribution in [3.05, 3.63) is 23.2 Å². The van der Waals surface area contributed by atoms with Crippen LogP contribution in [0, 0.1) is 18.8 Å². The third kappa shape index (κ3) is 4.27. The fourth-order valence-electron chi connectivity index (χ4n) is 4.09.